The molecule has 0 N–H and O–H groups in total. The minimum atomic E-state index is -0.683. The van der Waals surface area contributed by atoms with E-state index in [4.69, 9.17) is 9.47 Å². The van der Waals surface area contributed by atoms with Crippen LogP contribution in [0.1, 0.15) is 29.2 Å². The smallest absolute Gasteiger partial charge is 0.434 e. The van der Waals surface area contributed by atoms with E-state index in [0.717, 1.165) is 27.8 Å². The molecule has 0 spiro atoms. The summed E-state index contributed by atoms with van der Waals surface area (Å²) in [5, 5.41) is 0. The van der Waals surface area contributed by atoms with Gasteiger partial charge in [0.2, 0.25) is 0 Å². The van der Waals surface area contributed by atoms with Gasteiger partial charge in [-0.25, -0.2) is 4.79 Å². The van der Waals surface area contributed by atoms with Crippen LogP contribution in [0.25, 0.3) is 11.1 Å². The normalized spacial score (nSPS) is 10.4. The Bertz CT molecular complexity index is 702. The summed E-state index contributed by atoms with van der Waals surface area (Å²) in [6, 6.07) is 10.9. The van der Waals surface area contributed by atoms with E-state index in [-0.39, 0.29) is 6.61 Å². The fourth-order valence-electron chi connectivity index (χ4n) is 2.36. The van der Waals surface area contributed by atoms with E-state index in [9.17, 15) is 4.79 Å². The van der Waals surface area contributed by atoms with E-state index >= 15 is 0 Å². The largest absolute Gasteiger partial charge is 0.513 e. The highest BCUT2D eigenvalue weighted by molar-refractivity contribution is 5.80. The van der Waals surface area contributed by atoms with Crippen molar-refractivity contribution in [3.05, 3.63) is 52.6 Å². The number of carbonyl (C=O) groups is 1. The second-order valence-corrected chi connectivity index (χ2v) is 5.33. The van der Waals surface area contributed by atoms with E-state index in [2.05, 4.69) is 19.9 Å². The molecular formula is C19H21O3. The molecule has 0 heterocycles. The minimum absolute atomic E-state index is 0.286. The van der Waals surface area contributed by atoms with Crippen LogP contribution < -0.4 is 4.74 Å². The van der Waals surface area contributed by atoms with Crippen LogP contribution in [0.15, 0.2) is 24.3 Å². The van der Waals surface area contributed by atoms with Crippen LogP contribution in [0.3, 0.4) is 0 Å². The van der Waals surface area contributed by atoms with Crippen LogP contribution in [0, 0.1) is 33.8 Å². The van der Waals surface area contributed by atoms with Gasteiger partial charge in [-0.05, 0) is 74.6 Å². The average Bonchev–Trinajstić information content (AvgIpc) is 2.47. The molecule has 0 bridgehead atoms. The Balaban J connectivity index is 2.60. The lowest BCUT2D eigenvalue weighted by Crippen LogP contribution is -2.11. The topological polar surface area (TPSA) is 35.5 Å². The van der Waals surface area contributed by atoms with E-state index in [1.165, 1.54) is 5.56 Å². The van der Waals surface area contributed by atoms with E-state index in [1.807, 2.05) is 38.1 Å². The van der Waals surface area contributed by atoms with Crippen molar-refractivity contribution in [2.75, 3.05) is 6.61 Å². The first-order chi connectivity index (χ1) is 10.5. The van der Waals surface area contributed by atoms with Gasteiger partial charge < -0.3 is 9.47 Å². The molecule has 0 unspecified atom stereocenters. The summed E-state index contributed by atoms with van der Waals surface area (Å²) in [6.45, 7) is 10.2. The first kappa shape index (κ1) is 16.1. The highest BCUT2D eigenvalue weighted by Gasteiger charge is 2.17. The zero-order valence-corrected chi connectivity index (χ0v) is 13.7. The molecular weight excluding hydrogens is 276 g/mol. The summed E-state index contributed by atoms with van der Waals surface area (Å²) >= 11 is 0. The lowest BCUT2D eigenvalue weighted by Gasteiger charge is -2.17. The van der Waals surface area contributed by atoms with Gasteiger partial charge >= 0.3 is 6.16 Å². The lowest BCUT2D eigenvalue weighted by molar-refractivity contribution is 0.104. The van der Waals surface area contributed by atoms with Crippen molar-refractivity contribution in [1.82, 2.24) is 0 Å². The number of rotatable bonds is 3. The molecule has 0 aliphatic carbocycles. The summed E-state index contributed by atoms with van der Waals surface area (Å²) in [6.07, 6.45) is -0.683. The number of carbonyl (C=O) groups excluding carboxylic acids is 1. The van der Waals surface area contributed by atoms with Crippen molar-refractivity contribution >= 4 is 6.16 Å². The summed E-state index contributed by atoms with van der Waals surface area (Å²) < 4.78 is 10.3. The Labute approximate surface area is 131 Å². The number of hydrogen-bond donors (Lipinski definition) is 0. The van der Waals surface area contributed by atoms with Crippen LogP contribution in [-0.2, 0) is 4.74 Å². The third kappa shape index (κ3) is 3.14. The van der Waals surface area contributed by atoms with Crippen LogP contribution in [-0.4, -0.2) is 12.8 Å². The highest BCUT2D eigenvalue weighted by atomic mass is 16.7. The van der Waals surface area contributed by atoms with Gasteiger partial charge in [-0.3, -0.25) is 0 Å². The summed E-state index contributed by atoms with van der Waals surface area (Å²) in [7, 11) is 0. The van der Waals surface area contributed by atoms with Crippen LogP contribution >= 0.6 is 0 Å². The van der Waals surface area contributed by atoms with Crippen molar-refractivity contribution in [2.45, 2.75) is 34.6 Å². The van der Waals surface area contributed by atoms with Gasteiger partial charge in [0.15, 0.2) is 0 Å². The van der Waals surface area contributed by atoms with Gasteiger partial charge in [0.25, 0.3) is 0 Å². The SMILES string of the molecule is CCOC(=O)Oc1ccc(C)c(C)c1-c1[c]ccc(C)c1C. The van der Waals surface area contributed by atoms with Crippen molar-refractivity contribution in [3.8, 4) is 16.9 Å². The molecule has 22 heavy (non-hydrogen) atoms. The molecule has 115 valence electrons. The molecule has 2 aromatic rings. The Morgan fingerprint density at radius 2 is 1.73 bits per heavy atom. The zero-order valence-electron chi connectivity index (χ0n) is 13.7. The third-order valence-electron chi connectivity index (χ3n) is 3.93. The molecule has 3 nitrogen and oxygen atoms in total. The lowest BCUT2D eigenvalue weighted by atomic mass is 9.91. The van der Waals surface area contributed by atoms with E-state index in [0.29, 0.717) is 5.75 Å². The van der Waals surface area contributed by atoms with Crippen LogP contribution in [0.2, 0.25) is 0 Å². The van der Waals surface area contributed by atoms with Gasteiger partial charge in [0, 0.05) is 5.56 Å². The molecule has 2 rings (SSSR count). The quantitative estimate of drug-likeness (QED) is 0.595. The van der Waals surface area contributed by atoms with Crippen LogP contribution in [0.5, 0.6) is 5.75 Å². The predicted molar refractivity (Wildman–Crippen MR) is 87.3 cm³/mol. The van der Waals surface area contributed by atoms with Gasteiger partial charge in [0.05, 0.1) is 6.61 Å². The van der Waals surface area contributed by atoms with Gasteiger partial charge in [-0.1, -0.05) is 18.2 Å². The van der Waals surface area contributed by atoms with Crippen molar-refractivity contribution in [2.24, 2.45) is 0 Å². The molecule has 0 saturated heterocycles. The average molecular weight is 297 g/mol. The summed E-state index contributed by atoms with van der Waals surface area (Å²) in [5.41, 5.74) is 6.38. The number of benzene rings is 2. The molecule has 0 fully saturated rings. The van der Waals surface area contributed by atoms with Crippen molar-refractivity contribution < 1.29 is 14.3 Å². The molecule has 1 radical (unpaired) electrons. The summed E-state index contributed by atoms with van der Waals surface area (Å²) in [5.74, 6) is 0.506. The Hall–Kier alpha value is -2.29. The zero-order chi connectivity index (χ0) is 16.3. The minimum Gasteiger partial charge on any atom is -0.434 e. The number of hydrogen-bond acceptors (Lipinski definition) is 3. The van der Waals surface area contributed by atoms with Crippen molar-refractivity contribution in [3.63, 3.8) is 0 Å². The molecule has 0 atom stereocenters. The first-order valence-electron chi connectivity index (χ1n) is 7.38. The fraction of sp³-hybridized carbons (Fsp3) is 0.316. The molecule has 0 amide bonds. The standard InChI is InChI=1S/C19H21O3/c1-6-21-19(20)22-17-11-10-13(3)15(5)18(17)16-9-7-8-12(2)14(16)4/h7-8,10-11H,6H2,1-5H3. The maximum Gasteiger partial charge on any atom is 0.513 e. The first-order valence-corrected chi connectivity index (χ1v) is 7.38. The second kappa shape index (κ2) is 6.65. The second-order valence-electron chi connectivity index (χ2n) is 5.33. The Morgan fingerprint density at radius 1 is 1.05 bits per heavy atom. The Morgan fingerprint density at radius 3 is 2.41 bits per heavy atom. The third-order valence-corrected chi connectivity index (χ3v) is 3.93. The highest BCUT2D eigenvalue weighted by Crippen LogP contribution is 2.37. The van der Waals surface area contributed by atoms with Gasteiger partial charge in [0.1, 0.15) is 5.75 Å². The predicted octanol–water partition coefficient (Wildman–Crippen LogP) is 4.92. The molecule has 0 aliphatic rings. The van der Waals surface area contributed by atoms with Gasteiger partial charge in [-0.2, -0.15) is 0 Å². The summed E-state index contributed by atoms with van der Waals surface area (Å²) in [4.78, 5) is 11.7. The monoisotopic (exact) mass is 297 g/mol. The molecule has 2 aromatic carbocycles. The Kier molecular flexibility index (Phi) is 4.86. The number of aryl methyl sites for hydroxylation is 2. The van der Waals surface area contributed by atoms with E-state index in [1.54, 1.807) is 6.92 Å². The van der Waals surface area contributed by atoms with E-state index < -0.39 is 6.16 Å². The fourth-order valence-corrected chi connectivity index (χ4v) is 2.36. The van der Waals surface area contributed by atoms with Gasteiger partial charge in [-0.15, -0.1) is 0 Å². The molecule has 0 saturated carbocycles. The van der Waals surface area contributed by atoms with Crippen molar-refractivity contribution in [1.29, 1.82) is 0 Å². The van der Waals surface area contributed by atoms with Crippen LogP contribution in [0.4, 0.5) is 4.79 Å². The molecule has 0 aliphatic heterocycles. The maximum absolute atomic E-state index is 11.7. The maximum atomic E-state index is 11.7. The molecule has 0 aromatic heterocycles. The molecule has 3 heteroatoms. The number of ether oxygens (including phenoxy) is 2.